The van der Waals surface area contributed by atoms with E-state index < -0.39 is 5.91 Å². The molecule has 0 aromatic heterocycles. The van der Waals surface area contributed by atoms with Crippen molar-refractivity contribution in [2.45, 2.75) is 38.3 Å². The molecule has 1 aliphatic rings. The maximum atomic E-state index is 11.9. The van der Waals surface area contributed by atoms with Crippen molar-refractivity contribution in [3.8, 4) is 5.75 Å². The Balaban J connectivity index is 1.79. The number of primary amides is 1. The normalized spacial score (nSPS) is 20.2. The molecular weight excluding hydrogens is 284 g/mol. The monoisotopic (exact) mass is 306 g/mol. The highest BCUT2D eigenvalue weighted by Crippen LogP contribution is 2.23. The van der Waals surface area contributed by atoms with Gasteiger partial charge in [0, 0.05) is 18.2 Å². The van der Waals surface area contributed by atoms with Crippen molar-refractivity contribution in [3.05, 3.63) is 29.8 Å². The molecule has 1 fully saturated rings. The predicted molar refractivity (Wildman–Crippen MR) is 81.7 cm³/mol. The fourth-order valence-corrected chi connectivity index (χ4v) is 2.49. The Morgan fingerprint density at radius 2 is 2.05 bits per heavy atom. The van der Waals surface area contributed by atoms with Crippen LogP contribution in [0, 0.1) is 0 Å². The zero-order chi connectivity index (χ0) is 16.2. The standard InChI is InChI=1S/C16H22N2O4/c1-16(2)9-12(7-8-22-16)18-14(19)10-21-13-5-3-11(4-6-13)15(17)20/h3-6,12H,7-10H2,1-2H3,(H2,17,20)(H,18,19). The van der Waals surface area contributed by atoms with Gasteiger partial charge in [0.2, 0.25) is 5.91 Å². The van der Waals surface area contributed by atoms with Gasteiger partial charge in [-0.3, -0.25) is 9.59 Å². The van der Waals surface area contributed by atoms with Crippen LogP contribution in [0.25, 0.3) is 0 Å². The van der Waals surface area contributed by atoms with Crippen molar-refractivity contribution in [1.82, 2.24) is 5.32 Å². The molecule has 6 heteroatoms. The summed E-state index contributed by atoms with van der Waals surface area (Å²) in [5.74, 6) is -0.138. The van der Waals surface area contributed by atoms with Crippen molar-refractivity contribution < 1.29 is 19.1 Å². The van der Waals surface area contributed by atoms with E-state index in [4.69, 9.17) is 15.2 Å². The third-order valence-corrected chi connectivity index (χ3v) is 3.57. The van der Waals surface area contributed by atoms with Crippen molar-refractivity contribution in [2.75, 3.05) is 13.2 Å². The number of nitrogens with two attached hydrogens (primary N) is 1. The van der Waals surface area contributed by atoms with Crippen molar-refractivity contribution >= 4 is 11.8 Å². The molecule has 6 nitrogen and oxygen atoms in total. The van der Waals surface area contributed by atoms with Gasteiger partial charge in [-0.2, -0.15) is 0 Å². The lowest BCUT2D eigenvalue weighted by atomic mass is 9.94. The summed E-state index contributed by atoms with van der Waals surface area (Å²) in [4.78, 5) is 22.9. The summed E-state index contributed by atoms with van der Waals surface area (Å²) >= 11 is 0. The molecule has 0 aliphatic carbocycles. The second kappa shape index (κ2) is 6.79. The van der Waals surface area contributed by atoms with Gasteiger partial charge in [0.05, 0.1) is 5.60 Å². The van der Waals surface area contributed by atoms with Crippen molar-refractivity contribution in [3.63, 3.8) is 0 Å². The Bertz CT molecular complexity index is 540. The second-order valence-corrected chi connectivity index (χ2v) is 6.04. The number of carbonyl (C=O) groups excluding carboxylic acids is 2. The first-order valence-electron chi connectivity index (χ1n) is 7.32. The Morgan fingerprint density at radius 1 is 1.36 bits per heavy atom. The highest BCUT2D eigenvalue weighted by atomic mass is 16.5. The molecule has 2 rings (SSSR count). The molecule has 2 amide bonds. The van der Waals surface area contributed by atoms with E-state index in [0.29, 0.717) is 17.9 Å². The van der Waals surface area contributed by atoms with Gasteiger partial charge in [-0.1, -0.05) is 0 Å². The van der Waals surface area contributed by atoms with Crippen LogP contribution in [0.1, 0.15) is 37.0 Å². The first-order valence-corrected chi connectivity index (χ1v) is 7.32. The van der Waals surface area contributed by atoms with Crippen LogP contribution in [-0.2, 0) is 9.53 Å². The van der Waals surface area contributed by atoms with Crippen LogP contribution in [0.15, 0.2) is 24.3 Å². The van der Waals surface area contributed by atoms with Gasteiger partial charge in [-0.25, -0.2) is 0 Å². The van der Waals surface area contributed by atoms with Gasteiger partial charge in [0.1, 0.15) is 5.75 Å². The first kappa shape index (κ1) is 16.3. The molecule has 1 unspecified atom stereocenters. The summed E-state index contributed by atoms with van der Waals surface area (Å²) in [6.07, 6.45) is 1.59. The fourth-order valence-electron chi connectivity index (χ4n) is 2.49. The number of hydrogen-bond donors (Lipinski definition) is 2. The molecular formula is C16H22N2O4. The molecule has 1 aromatic carbocycles. The average Bonchev–Trinajstić information content (AvgIpc) is 2.44. The first-order chi connectivity index (χ1) is 10.4. The predicted octanol–water partition coefficient (Wildman–Crippen LogP) is 1.24. The van der Waals surface area contributed by atoms with Gasteiger partial charge in [0.25, 0.3) is 5.91 Å². The molecule has 1 atom stereocenters. The van der Waals surface area contributed by atoms with Crippen LogP contribution in [0.4, 0.5) is 0 Å². The third-order valence-electron chi connectivity index (χ3n) is 3.57. The number of amides is 2. The largest absolute Gasteiger partial charge is 0.484 e. The van der Waals surface area contributed by atoms with Gasteiger partial charge in [0.15, 0.2) is 6.61 Å². The van der Waals surface area contributed by atoms with E-state index in [9.17, 15) is 9.59 Å². The Kier molecular flexibility index (Phi) is 5.03. The SMILES string of the molecule is CC1(C)CC(NC(=O)COc2ccc(C(N)=O)cc2)CCO1. The van der Waals surface area contributed by atoms with Crippen LogP contribution < -0.4 is 15.8 Å². The van der Waals surface area contributed by atoms with Crippen LogP contribution in [0.5, 0.6) is 5.75 Å². The molecule has 3 N–H and O–H groups in total. The summed E-state index contributed by atoms with van der Waals surface area (Å²) in [7, 11) is 0. The number of rotatable bonds is 5. The number of carbonyl (C=O) groups is 2. The minimum absolute atomic E-state index is 0.0618. The number of nitrogens with one attached hydrogen (secondary N) is 1. The van der Waals surface area contributed by atoms with Crippen LogP contribution >= 0.6 is 0 Å². The Hall–Kier alpha value is -2.08. The Morgan fingerprint density at radius 3 is 2.64 bits per heavy atom. The highest BCUT2D eigenvalue weighted by Gasteiger charge is 2.29. The van der Waals surface area contributed by atoms with Gasteiger partial charge >= 0.3 is 0 Å². The molecule has 0 radical (unpaired) electrons. The van der Waals surface area contributed by atoms with Crippen LogP contribution in [0.2, 0.25) is 0 Å². The van der Waals surface area contributed by atoms with Crippen LogP contribution in [-0.4, -0.2) is 36.7 Å². The third kappa shape index (κ3) is 4.73. The highest BCUT2D eigenvalue weighted by molar-refractivity contribution is 5.92. The summed E-state index contributed by atoms with van der Waals surface area (Å²) in [6.45, 7) is 4.62. The van der Waals surface area contributed by atoms with E-state index in [1.54, 1.807) is 24.3 Å². The second-order valence-electron chi connectivity index (χ2n) is 6.04. The fraction of sp³-hybridized carbons (Fsp3) is 0.500. The summed E-state index contributed by atoms with van der Waals surface area (Å²) in [5, 5.41) is 2.96. The lowest BCUT2D eigenvalue weighted by Crippen LogP contribution is -2.47. The summed E-state index contributed by atoms with van der Waals surface area (Å²) in [6, 6.07) is 6.47. The molecule has 1 aliphatic heterocycles. The van der Waals surface area contributed by atoms with Crippen molar-refractivity contribution in [1.29, 1.82) is 0 Å². The van der Waals surface area contributed by atoms with E-state index >= 15 is 0 Å². The summed E-state index contributed by atoms with van der Waals surface area (Å²) < 4.78 is 11.0. The zero-order valence-corrected chi connectivity index (χ0v) is 12.9. The quantitative estimate of drug-likeness (QED) is 0.856. The Labute approximate surface area is 130 Å². The molecule has 1 heterocycles. The van der Waals surface area contributed by atoms with Gasteiger partial charge < -0.3 is 20.5 Å². The molecule has 0 saturated carbocycles. The van der Waals surface area contributed by atoms with Gasteiger partial charge in [-0.05, 0) is 51.0 Å². The molecule has 1 saturated heterocycles. The van der Waals surface area contributed by atoms with E-state index in [-0.39, 0.29) is 24.2 Å². The molecule has 22 heavy (non-hydrogen) atoms. The molecule has 0 bridgehead atoms. The average molecular weight is 306 g/mol. The van der Waals surface area contributed by atoms with Gasteiger partial charge in [-0.15, -0.1) is 0 Å². The topological polar surface area (TPSA) is 90.6 Å². The smallest absolute Gasteiger partial charge is 0.258 e. The number of hydrogen-bond acceptors (Lipinski definition) is 4. The maximum Gasteiger partial charge on any atom is 0.258 e. The molecule has 120 valence electrons. The minimum Gasteiger partial charge on any atom is -0.484 e. The van der Waals surface area contributed by atoms with Crippen LogP contribution in [0.3, 0.4) is 0 Å². The number of ether oxygens (including phenoxy) is 2. The maximum absolute atomic E-state index is 11.9. The zero-order valence-electron chi connectivity index (χ0n) is 12.9. The van der Waals surface area contributed by atoms with E-state index in [1.807, 2.05) is 13.8 Å². The molecule has 0 spiro atoms. The summed E-state index contributed by atoms with van der Waals surface area (Å²) in [5.41, 5.74) is 5.36. The lowest BCUT2D eigenvalue weighted by molar-refractivity contribution is -0.126. The van der Waals surface area contributed by atoms with E-state index in [1.165, 1.54) is 0 Å². The minimum atomic E-state index is -0.494. The van der Waals surface area contributed by atoms with Crippen molar-refractivity contribution in [2.24, 2.45) is 5.73 Å². The van der Waals surface area contributed by atoms with E-state index in [2.05, 4.69) is 5.32 Å². The van der Waals surface area contributed by atoms with E-state index in [0.717, 1.165) is 12.8 Å². The lowest BCUT2D eigenvalue weighted by Gasteiger charge is -2.35. The number of benzene rings is 1. The molecule has 1 aromatic rings.